The second kappa shape index (κ2) is 3.38. The van der Waals surface area contributed by atoms with Crippen LogP contribution in [-0.4, -0.2) is 20.8 Å². The van der Waals surface area contributed by atoms with Gasteiger partial charge >= 0.3 is 0 Å². The first kappa shape index (κ1) is 9.15. The zero-order valence-corrected chi connectivity index (χ0v) is 8.24. The van der Waals surface area contributed by atoms with E-state index in [9.17, 15) is 0 Å². The highest BCUT2D eigenvalue weighted by atomic mass is 16.5. The summed E-state index contributed by atoms with van der Waals surface area (Å²) in [6.45, 7) is 0.499. The summed E-state index contributed by atoms with van der Waals surface area (Å²) in [5.74, 6) is 2.15. The molecule has 1 aromatic rings. The molecule has 0 fully saturated rings. The molecule has 4 heteroatoms. The van der Waals surface area contributed by atoms with E-state index in [1.165, 1.54) is 0 Å². The topological polar surface area (TPSA) is 53.7 Å². The van der Waals surface area contributed by atoms with E-state index in [1.54, 1.807) is 20.3 Å². The third-order valence-electron chi connectivity index (χ3n) is 2.32. The van der Waals surface area contributed by atoms with Gasteiger partial charge in [0, 0.05) is 11.6 Å². The lowest BCUT2D eigenvalue weighted by Crippen LogP contribution is -2.10. The summed E-state index contributed by atoms with van der Waals surface area (Å²) in [4.78, 5) is 0. The van der Waals surface area contributed by atoms with Gasteiger partial charge in [-0.1, -0.05) is 0 Å². The van der Waals surface area contributed by atoms with Crippen molar-refractivity contribution in [3.8, 4) is 17.2 Å². The van der Waals surface area contributed by atoms with Crippen LogP contribution in [0.1, 0.15) is 11.6 Å². The molecule has 0 spiro atoms. The van der Waals surface area contributed by atoms with Gasteiger partial charge in [-0.05, 0) is 6.07 Å². The normalized spacial score (nSPS) is 18.6. The lowest BCUT2D eigenvalue weighted by Gasteiger charge is -2.09. The average Bonchev–Trinajstić information content (AvgIpc) is 2.59. The summed E-state index contributed by atoms with van der Waals surface area (Å²) in [6.07, 6.45) is 0. The summed E-state index contributed by atoms with van der Waals surface area (Å²) in [5, 5.41) is 0. The van der Waals surface area contributed by atoms with E-state index in [-0.39, 0.29) is 6.04 Å². The molecule has 1 aliphatic rings. The molecule has 0 amide bonds. The molecule has 1 aromatic carbocycles. The van der Waals surface area contributed by atoms with Crippen molar-refractivity contribution >= 4 is 0 Å². The van der Waals surface area contributed by atoms with E-state index in [1.807, 2.05) is 6.07 Å². The van der Waals surface area contributed by atoms with Gasteiger partial charge in [-0.25, -0.2) is 0 Å². The molecule has 1 aliphatic heterocycles. The minimum absolute atomic E-state index is 0.0889. The monoisotopic (exact) mass is 195 g/mol. The van der Waals surface area contributed by atoms with Gasteiger partial charge < -0.3 is 19.9 Å². The fourth-order valence-corrected chi connectivity index (χ4v) is 1.56. The largest absolute Gasteiger partial charge is 0.497 e. The van der Waals surface area contributed by atoms with Gasteiger partial charge in [0.05, 0.1) is 20.3 Å². The first-order valence-electron chi connectivity index (χ1n) is 4.40. The molecule has 0 radical (unpaired) electrons. The molecule has 2 rings (SSSR count). The van der Waals surface area contributed by atoms with Gasteiger partial charge in [-0.2, -0.15) is 0 Å². The number of rotatable bonds is 2. The van der Waals surface area contributed by atoms with Crippen LogP contribution in [0.5, 0.6) is 17.2 Å². The zero-order chi connectivity index (χ0) is 10.1. The molecule has 4 nitrogen and oxygen atoms in total. The van der Waals surface area contributed by atoms with Crippen molar-refractivity contribution in [2.45, 2.75) is 6.04 Å². The first-order valence-corrected chi connectivity index (χ1v) is 4.40. The van der Waals surface area contributed by atoms with Crippen LogP contribution >= 0.6 is 0 Å². The van der Waals surface area contributed by atoms with E-state index in [0.717, 1.165) is 17.1 Å². The van der Waals surface area contributed by atoms with E-state index < -0.39 is 0 Å². The van der Waals surface area contributed by atoms with Crippen LogP contribution in [0, 0.1) is 0 Å². The molecule has 1 unspecified atom stereocenters. The highest BCUT2D eigenvalue weighted by Gasteiger charge is 2.25. The highest BCUT2D eigenvalue weighted by molar-refractivity contribution is 5.54. The van der Waals surface area contributed by atoms with Gasteiger partial charge in [-0.15, -0.1) is 0 Å². The Bertz CT molecular complexity index is 351. The minimum Gasteiger partial charge on any atom is -0.497 e. The Morgan fingerprint density at radius 1 is 1.36 bits per heavy atom. The Morgan fingerprint density at radius 3 is 2.79 bits per heavy atom. The molecule has 0 saturated carbocycles. The lowest BCUT2D eigenvalue weighted by molar-refractivity contribution is 0.310. The van der Waals surface area contributed by atoms with E-state index in [4.69, 9.17) is 19.9 Å². The van der Waals surface area contributed by atoms with Crippen LogP contribution in [0.2, 0.25) is 0 Å². The van der Waals surface area contributed by atoms with Crippen LogP contribution in [0.15, 0.2) is 12.1 Å². The molecular weight excluding hydrogens is 182 g/mol. The number of benzene rings is 1. The number of nitrogens with two attached hydrogens (primary N) is 1. The average molecular weight is 195 g/mol. The molecular formula is C10H13NO3. The summed E-state index contributed by atoms with van der Waals surface area (Å²) in [7, 11) is 3.21. The van der Waals surface area contributed by atoms with E-state index in [2.05, 4.69) is 0 Å². The summed E-state index contributed by atoms with van der Waals surface area (Å²) in [6, 6.07) is 3.58. The van der Waals surface area contributed by atoms with Crippen LogP contribution in [-0.2, 0) is 0 Å². The maximum Gasteiger partial charge on any atom is 0.166 e. The Morgan fingerprint density at radius 2 is 2.14 bits per heavy atom. The summed E-state index contributed by atoms with van der Waals surface area (Å²) < 4.78 is 15.8. The molecule has 2 N–H and O–H groups in total. The highest BCUT2D eigenvalue weighted by Crippen LogP contribution is 2.42. The number of ether oxygens (including phenoxy) is 3. The summed E-state index contributed by atoms with van der Waals surface area (Å²) >= 11 is 0. The van der Waals surface area contributed by atoms with Crippen molar-refractivity contribution in [2.24, 2.45) is 5.73 Å². The SMILES string of the molecule is COc1cc(OC)c2c(c1)C(N)CO2. The molecule has 14 heavy (non-hydrogen) atoms. The fourth-order valence-electron chi connectivity index (χ4n) is 1.56. The molecule has 76 valence electrons. The minimum atomic E-state index is -0.0889. The molecule has 0 aliphatic carbocycles. The van der Waals surface area contributed by atoms with Crippen LogP contribution in [0.3, 0.4) is 0 Å². The quantitative estimate of drug-likeness (QED) is 0.767. The van der Waals surface area contributed by atoms with Crippen LogP contribution < -0.4 is 19.9 Å². The maximum absolute atomic E-state index is 5.86. The second-order valence-corrected chi connectivity index (χ2v) is 3.17. The zero-order valence-electron chi connectivity index (χ0n) is 8.24. The van der Waals surface area contributed by atoms with Gasteiger partial charge in [0.2, 0.25) is 0 Å². The van der Waals surface area contributed by atoms with Crippen molar-refractivity contribution < 1.29 is 14.2 Å². The van der Waals surface area contributed by atoms with E-state index in [0.29, 0.717) is 12.4 Å². The van der Waals surface area contributed by atoms with Crippen LogP contribution in [0.25, 0.3) is 0 Å². The molecule has 1 atom stereocenters. The molecule has 0 aromatic heterocycles. The molecule has 0 bridgehead atoms. The Kier molecular flexibility index (Phi) is 2.21. The second-order valence-electron chi connectivity index (χ2n) is 3.17. The third kappa shape index (κ3) is 1.28. The van der Waals surface area contributed by atoms with Gasteiger partial charge in [-0.3, -0.25) is 0 Å². The van der Waals surface area contributed by atoms with Crippen molar-refractivity contribution in [3.05, 3.63) is 17.7 Å². The smallest absolute Gasteiger partial charge is 0.166 e. The Balaban J connectivity index is 2.52. The van der Waals surface area contributed by atoms with E-state index >= 15 is 0 Å². The number of methoxy groups -OCH3 is 2. The van der Waals surface area contributed by atoms with Gasteiger partial charge in [0.25, 0.3) is 0 Å². The number of fused-ring (bicyclic) bond motifs is 1. The first-order chi connectivity index (χ1) is 6.76. The Labute approximate surface area is 82.6 Å². The van der Waals surface area contributed by atoms with Crippen molar-refractivity contribution in [2.75, 3.05) is 20.8 Å². The summed E-state index contributed by atoms with van der Waals surface area (Å²) in [5.41, 5.74) is 6.80. The van der Waals surface area contributed by atoms with Gasteiger partial charge in [0.15, 0.2) is 11.5 Å². The van der Waals surface area contributed by atoms with Crippen molar-refractivity contribution in [1.29, 1.82) is 0 Å². The number of hydrogen-bond acceptors (Lipinski definition) is 4. The molecule has 1 heterocycles. The van der Waals surface area contributed by atoms with Crippen LogP contribution in [0.4, 0.5) is 0 Å². The predicted octanol–water partition coefficient (Wildman–Crippen LogP) is 1.10. The lowest BCUT2D eigenvalue weighted by atomic mass is 10.1. The maximum atomic E-state index is 5.86. The van der Waals surface area contributed by atoms with Crippen molar-refractivity contribution in [3.63, 3.8) is 0 Å². The molecule has 0 saturated heterocycles. The predicted molar refractivity (Wildman–Crippen MR) is 52.0 cm³/mol. The standard InChI is InChI=1S/C10H13NO3/c1-12-6-3-7-8(11)5-14-10(7)9(4-6)13-2/h3-4,8H,5,11H2,1-2H3. The fraction of sp³-hybridized carbons (Fsp3) is 0.400. The van der Waals surface area contributed by atoms with Crippen molar-refractivity contribution in [1.82, 2.24) is 0 Å². The number of hydrogen-bond donors (Lipinski definition) is 1. The third-order valence-corrected chi connectivity index (χ3v) is 2.32. The Hall–Kier alpha value is -1.42. The van der Waals surface area contributed by atoms with Gasteiger partial charge in [0.1, 0.15) is 12.4 Å².